The van der Waals surface area contributed by atoms with E-state index in [4.69, 9.17) is 4.74 Å². The Bertz CT molecular complexity index is 259. The Morgan fingerprint density at radius 3 is 2.59 bits per heavy atom. The molecule has 100 valence electrons. The largest absolute Gasteiger partial charge is 0.444 e. The van der Waals surface area contributed by atoms with Gasteiger partial charge < -0.3 is 15.0 Å². The second-order valence-electron chi connectivity index (χ2n) is 6.13. The molecule has 0 radical (unpaired) electrons. The first-order valence-corrected chi connectivity index (χ1v) is 6.49. The van der Waals surface area contributed by atoms with Crippen LogP contribution in [0.1, 0.15) is 41.0 Å². The molecule has 1 heterocycles. The molecule has 1 amide bonds. The summed E-state index contributed by atoms with van der Waals surface area (Å²) in [6.07, 6.45) is 0.856. The van der Waals surface area contributed by atoms with Crippen molar-refractivity contribution in [2.75, 3.05) is 19.6 Å². The smallest absolute Gasteiger partial charge is 0.407 e. The highest BCUT2D eigenvalue weighted by Gasteiger charge is 2.25. The second-order valence-corrected chi connectivity index (χ2v) is 6.13. The molecular weight excluding hydrogens is 216 g/mol. The second kappa shape index (κ2) is 5.71. The molecule has 0 spiro atoms. The number of nitrogens with one attached hydrogen (secondary N) is 1. The number of carbonyl (C=O) groups excluding carboxylic acids is 1. The highest BCUT2D eigenvalue weighted by atomic mass is 16.6. The van der Waals surface area contributed by atoms with Gasteiger partial charge >= 0.3 is 6.09 Å². The van der Waals surface area contributed by atoms with Crippen molar-refractivity contribution in [1.82, 2.24) is 10.2 Å². The van der Waals surface area contributed by atoms with Crippen LogP contribution < -0.4 is 5.32 Å². The van der Waals surface area contributed by atoms with E-state index in [1.807, 2.05) is 20.8 Å². The standard InChI is InChI=1S/C13H26N2O2/c1-10(2)15-7-6-11(9-15)8-14-12(16)17-13(3,4)5/h10-11H,6-9H2,1-5H3,(H,14,16)/t11-/m1/s1. The Morgan fingerprint density at radius 1 is 1.47 bits per heavy atom. The summed E-state index contributed by atoms with van der Waals surface area (Å²) in [6.45, 7) is 13.0. The van der Waals surface area contributed by atoms with Gasteiger partial charge in [-0.2, -0.15) is 0 Å². The monoisotopic (exact) mass is 242 g/mol. The summed E-state index contributed by atoms with van der Waals surface area (Å²) in [5.74, 6) is 0.560. The van der Waals surface area contributed by atoms with E-state index in [2.05, 4.69) is 24.1 Å². The Labute approximate surface area is 105 Å². The van der Waals surface area contributed by atoms with Crippen LogP contribution in [0.3, 0.4) is 0 Å². The molecule has 1 aliphatic rings. The Kier molecular flexibility index (Phi) is 4.80. The number of hydrogen-bond acceptors (Lipinski definition) is 3. The maximum Gasteiger partial charge on any atom is 0.407 e. The summed E-state index contributed by atoms with van der Waals surface area (Å²) in [6, 6.07) is 0.599. The van der Waals surface area contributed by atoms with Gasteiger partial charge in [-0.15, -0.1) is 0 Å². The highest BCUT2D eigenvalue weighted by Crippen LogP contribution is 2.17. The van der Waals surface area contributed by atoms with E-state index in [1.54, 1.807) is 0 Å². The Balaban J connectivity index is 2.22. The van der Waals surface area contributed by atoms with E-state index in [1.165, 1.54) is 0 Å². The molecule has 0 aromatic rings. The van der Waals surface area contributed by atoms with E-state index in [9.17, 15) is 4.79 Å². The molecule has 1 fully saturated rings. The molecule has 0 aromatic heterocycles. The van der Waals surface area contributed by atoms with Gasteiger partial charge in [0.05, 0.1) is 0 Å². The van der Waals surface area contributed by atoms with Gasteiger partial charge in [0.25, 0.3) is 0 Å². The van der Waals surface area contributed by atoms with Crippen molar-refractivity contribution in [1.29, 1.82) is 0 Å². The molecule has 4 nitrogen and oxygen atoms in total. The Morgan fingerprint density at radius 2 is 2.12 bits per heavy atom. The number of hydrogen-bond donors (Lipinski definition) is 1. The minimum absolute atomic E-state index is 0.305. The summed E-state index contributed by atoms with van der Waals surface area (Å²) >= 11 is 0. The van der Waals surface area contributed by atoms with Gasteiger partial charge in [0, 0.05) is 19.1 Å². The number of carbonyl (C=O) groups is 1. The summed E-state index contributed by atoms with van der Waals surface area (Å²) in [5.41, 5.74) is -0.413. The van der Waals surface area contributed by atoms with E-state index in [0.29, 0.717) is 12.0 Å². The van der Waals surface area contributed by atoms with Gasteiger partial charge in [0.1, 0.15) is 5.60 Å². The van der Waals surface area contributed by atoms with Crippen molar-refractivity contribution in [3.8, 4) is 0 Å². The lowest BCUT2D eigenvalue weighted by Crippen LogP contribution is -2.36. The molecule has 0 saturated carbocycles. The average Bonchev–Trinajstić information content (AvgIpc) is 2.60. The number of likely N-dealkylation sites (tertiary alicyclic amines) is 1. The number of amides is 1. The zero-order valence-electron chi connectivity index (χ0n) is 11.7. The van der Waals surface area contributed by atoms with Gasteiger partial charge in [-0.3, -0.25) is 0 Å². The lowest BCUT2D eigenvalue weighted by atomic mass is 10.1. The van der Waals surface area contributed by atoms with Crippen LogP contribution >= 0.6 is 0 Å². The summed E-state index contributed by atoms with van der Waals surface area (Å²) < 4.78 is 5.21. The quantitative estimate of drug-likeness (QED) is 0.825. The molecule has 0 unspecified atom stereocenters. The first kappa shape index (κ1) is 14.3. The molecular formula is C13H26N2O2. The van der Waals surface area contributed by atoms with Crippen LogP contribution in [-0.2, 0) is 4.74 Å². The third-order valence-corrected chi connectivity index (χ3v) is 2.98. The number of rotatable bonds is 3. The minimum atomic E-state index is -0.413. The van der Waals surface area contributed by atoms with Crippen LogP contribution in [0.4, 0.5) is 4.79 Å². The lowest BCUT2D eigenvalue weighted by Gasteiger charge is -2.22. The number of alkyl carbamates (subject to hydrolysis) is 1. The number of ether oxygens (including phenoxy) is 1. The Hall–Kier alpha value is -0.770. The number of nitrogens with zero attached hydrogens (tertiary/aromatic N) is 1. The van der Waals surface area contributed by atoms with Gasteiger partial charge in [-0.25, -0.2) is 4.79 Å². The topological polar surface area (TPSA) is 41.6 Å². The third-order valence-electron chi connectivity index (χ3n) is 2.98. The average molecular weight is 242 g/mol. The SMILES string of the molecule is CC(C)N1CC[C@H](CNC(=O)OC(C)(C)C)C1. The molecule has 1 aliphatic heterocycles. The third kappa shape index (κ3) is 5.39. The molecule has 17 heavy (non-hydrogen) atoms. The minimum Gasteiger partial charge on any atom is -0.444 e. The van der Waals surface area contributed by atoms with E-state index in [-0.39, 0.29) is 6.09 Å². The maximum atomic E-state index is 11.5. The van der Waals surface area contributed by atoms with Crippen LogP contribution in [0.15, 0.2) is 0 Å². The fourth-order valence-corrected chi connectivity index (χ4v) is 2.04. The molecule has 1 saturated heterocycles. The molecule has 1 atom stereocenters. The van der Waals surface area contributed by atoms with E-state index < -0.39 is 5.60 Å². The van der Waals surface area contributed by atoms with Crippen LogP contribution in [0.2, 0.25) is 0 Å². The van der Waals surface area contributed by atoms with Gasteiger partial charge in [0.2, 0.25) is 0 Å². The first-order valence-electron chi connectivity index (χ1n) is 6.49. The van der Waals surface area contributed by atoms with Crippen molar-refractivity contribution >= 4 is 6.09 Å². The van der Waals surface area contributed by atoms with Crippen molar-refractivity contribution in [3.63, 3.8) is 0 Å². The molecule has 0 bridgehead atoms. The molecule has 4 heteroatoms. The highest BCUT2D eigenvalue weighted by molar-refractivity contribution is 5.67. The lowest BCUT2D eigenvalue weighted by molar-refractivity contribution is 0.0519. The zero-order chi connectivity index (χ0) is 13.1. The first-order chi connectivity index (χ1) is 7.78. The van der Waals surface area contributed by atoms with E-state index in [0.717, 1.165) is 26.1 Å². The summed E-state index contributed by atoms with van der Waals surface area (Å²) in [4.78, 5) is 13.9. The van der Waals surface area contributed by atoms with Crippen LogP contribution in [-0.4, -0.2) is 42.3 Å². The zero-order valence-corrected chi connectivity index (χ0v) is 11.7. The maximum absolute atomic E-state index is 11.5. The van der Waals surface area contributed by atoms with Crippen molar-refractivity contribution in [2.24, 2.45) is 5.92 Å². The van der Waals surface area contributed by atoms with Crippen LogP contribution in [0, 0.1) is 5.92 Å². The van der Waals surface area contributed by atoms with E-state index >= 15 is 0 Å². The molecule has 0 aromatic carbocycles. The molecule has 1 N–H and O–H groups in total. The predicted octanol–water partition coefficient (Wildman–Crippen LogP) is 2.24. The van der Waals surface area contributed by atoms with Gasteiger partial charge in [0.15, 0.2) is 0 Å². The summed E-state index contributed by atoms with van der Waals surface area (Å²) in [7, 11) is 0. The van der Waals surface area contributed by atoms with Gasteiger partial charge in [-0.1, -0.05) is 0 Å². The van der Waals surface area contributed by atoms with Gasteiger partial charge in [-0.05, 0) is 53.5 Å². The van der Waals surface area contributed by atoms with Crippen molar-refractivity contribution in [2.45, 2.75) is 52.7 Å². The van der Waals surface area contributed by atoms with Crippen molar-refractivity contribution in [3.05, 3.63) is 0 Å². The predicted molar refractivity (Wildman–Crippen MR) is 69.1 cm³/mol. The summed E-state index contributed by atoms with van der Waals surface area (Å²) in [5, 5.41) is 2.85. The van der Waals surface area contributed by atoms with Crippen LogP contribution in [0.5, 0.6) is 0 Å². The fraction of sp³-hybridized carbons (Fsp3) is 0.923. The normalized spacial score (nSPS) is 21.9. The van der Waals surface area contributed by atoms with Crippen LogP contribution in [0.25, 0.3) is 0 Å². The van der Waals surface area contributed by atoms with Crippen molar-refractivity contribution < 1.29 is 9.53 Å². The molecule has 0 aliphatic carbocycles. The fourth-order valence-electron chi connectivity index (χ4n) is 2.04. The molecule has 1 rings (SSSR count).